The molecule has 1 atom stereocenters. The van der Waals surface area contributed by atoms with Crippen LogP contribution in [-0.4, -0.2) is 18.6 Å². The molecule has 0 aliphatic carbocycles. The highest BCUT2D eigenvalue weighted by atomic mass is 16.3. The predicted octanol–water partition coefficient (Wildman–Crippen LogP) is 3.37. The van der Waals surface area contributed by atoms with Gasteiger partial charge < -0.3 is 14.6 Å². The van der Waals surface area contributed by atoms with E-state index in [0.717, 1.165) is 31.1 Å². The number of hydrogen-bond acceptors (Lipinski definition) is 4. The summed E-state index contributed by atoms with van der Waals surface area (Å²) in [6.07, 6.45) is 4.67. The predicted molar refractivity (Wildman–Crippen MR) is 81.8 cm³/mol. The van der Waals surface area contributed by atoms with Gasteiger partial charge in [0.25, 0.3) is 0 Å². The van der Waals surface area contributed by atoms with Crippen molar-refractivity contribution in [1.29, 1.82) is 0 Å². The Labute approximate surface area is 120 Å². The van der Waals surface area contributed by atoms with Gasteiger partial charge in [-0.3, -0.25) is 0 Å². The van der Waals surface area contributed by atoms with Gasteiger partial charge in [0.05, 0.1) is 12.8 Å². The van der Waals surface area contributed by atoms with Crippen molar-refractivity contribution in [2.24, 2.45) is 0 Å². The molecular formula is C16H23N3O. The van der Waals surface area contributed by atoms with Crippen molar-refractivity contribution in [3.63, 3.8) is 0 Å². The summed E-state index contributed by atoms with van der Waals surface area (Å²) in [6, 6.07) is 8.31. The van der Waals surface area contributed by atoms with E-state index in [4.69, 9.17) is 4.42 Å². The van der Waals surface area contributed by atoms with E-state index in [1.54, 1.807) is 6.26 Å². The highest BCUT2D eigenvalue weighted by Gasteiger charge is 2.14. The maximum Gasteiger partial charge on any atom is 0.133 e. The van der Waals surface area contributed by atoms with Gasteiger partial charge in [-0.25, -0.2) is 4.98 Å². The third kappa shape index (κ3) is 3.61. The molecule has 0 aliphatic heterocycles. The first-order valence-electron chi connectivity index (χ1n) is 7.14. The summed E-state index contributed by atoms with van der Waals surface area (Å²) in [5.74, 6) is 1.94. The van der Waals surface area contributed by atoms with Crippen LogP contribution >= 0.6 is 0 Å². The molecule has 0 radical (unpaired) electrons. The summed E-state index contributed by atoms with van der Waals surface area (Å²) in [6.45, 7) is 6.08. The van der Waals surface area contributed by atoms with Gasteiger partial charge in [0, 0.05) is 24.8 Å². The molecule has 2 heterocycles. The maximum atomic E-state index is 5.41. The van der Waals surface area contributed by atoms with Gasteiger partial charge in [0.2, 0.25) is 0 Å². The topological polar surface area (TPSA) is 41.3 Å². The van der Waals surface area contributed by atoms with E-state index >= 15 is 0 Å². The second-order valence-electron chi connectivity index (χ2n) is 5.03. The van der Waals surface area contributed by atoms with Gasteiger partial charge in [-0.05, 0) is 38.1 Å². The third-order valence-electron chi connectivity index (χ3n) is 3.32. The first-order valence-corrected chi connectivity index (χ1v) is 7.14. The van der Waals surface area contributed by atoms with Crippen LogP contribution in [0.5, 0.6) is 0 Å². The Morgan fingerprint density at radius 3 is 2.90 bits per heavy atom. The molecule has 1 N–H and O–H groups in total. The molecule has 2 aromatic rings. The summed E-state index contributed by atoms with van der Waals surface area (Å²) < 4.78 is 5.41. The fourth-order valence-corrected chi connectivity index (χ4v) is 2.25. The minimum atomic E-state index is 0.290. The van der Waals surface area contributed by atoms with Crippen LogP contribution in [0.2, 0.25) is 0 Å². The number of pyridine rings is 1. The molecule has 2 aromatic heterocycles. The fraction of sp³-hybridized carbons (Fsp3) is 0.438. The number of anilines is 1. The molecule has 0 fully saturated rings. The van der Waals surface area contributed by atoms with Crippen molar-refractivity contribution in [3.05, 3.63) is 48.0 Å². The molecule has 0 aromatic carbocycles. The first-order chi connectivity index (χ1) is 9.72. The maximum absolute atomic E-state index is 5.41. The zero-order valence-electron chi connectivity index (χ0n) is 12.5. The molecule has 0 saturated carbocycles. The van der Waals surface area contributed by atoms with Gasteiger partial charge in [0.1, 0.15) is 11.6 Å². The van der Waals surface area contributed by atoms with Crippen LogP contribution in [0.3, 0.4) is 0 Å². The van der Waals surface area contributed by atoms with Crippen LogP contribution in [0, 0.1) is 0 Å². The molecule has 108 valence electrons. The number of nitrogens with zero attached hydrogens (tertiary/aromatic N) is 2. The summed E-state index contributed by atoms with van der Waals surface area (Å²) >= 11 is 0. The molecule has 2 rings (SSSR count). The van der Waals surface area contributed by atoms with Crippen LogP contribution in [-0.2, 0) is 6.54 Å². The van der Waals surface area contributed by atoms with Crippen molar-refractivity contribution in [2.75, 3.05) is 18.5 Å². The van der Waals surface area contributed by atoms with Crippen molar-refractivity contribution < 1.29 is 4.42 Å². The smallest absolute Gasteiger partial charge is 0.133 e. The van der Waals surface area contributed by atoms with Crippen LogP contribution in [0.25, 0.3) is 0 Å². The van der Waals surface area contributed by atoms with E-state index in [1.165, 1.54) is 5.56 Å². The molecule has 4 nitrogen and oxygen atoms in total. The lowest BCUT2D eigenvalue weighted by Crippen LogP contribution is -2.24. The summed E-state index contributed by atoms with van der Waals surface area (Å²) in [4.78, 5) is 6.66. The Morgan fingerprint density at radius 1 is 1.35 bits per heavy atom. The average Bonchev–Trinajstić information content (AvgIpc) is 2.97. The second-order valence-corrected chi connectivity index (χ2v) is 5.03. The van der Waals surface area contributed by atoms with Crippen LogP contribution in [0.15, 0.2) is 41.1 Å². The third-order valence-corrected chi connectivity index (χ3v) is 3.32. The highest BCUT2D eigenvalue weighted by molar-refractivity contribution is 5.47. The van der Waals surface area contributed by atoms with Crippen molar-refractivity contribution >= 4 is 5.82 Å². The zero-order chi connectivity index (χ0) is 14.4. The number of rotatable bonds is 7. The van der Waals surface area contributed by atoms with E-state index in [2.05, 4.69) is 35.1 Å². The Bertz CT molecular complexity index is 510. The van der Waals surface area contributed by atoms with Crippen molar-refractivity contribution in [1.82, 2.24) is 10.3 Å². The standard InChI is InChI=1S/C16H23N3O/c1-4-9-17-13(2)15-8-5-10-18-16(15)19(3)12-14-7-6-11-20-14/h5-8,10-11,13,17H,4,9,12H2,1-3H3. The second kappa shape index (κ2) is 7.10. The van der Waals surface area contributed by atoms with E-state index < -0.39 is 0 Å². The Kier molecular flexibility index (Phi) is 5.18. The molecular weight excluding hydrogens is 250 g/mol. The monoisotopic (exact) mass is 273 g/mol. The highest BCUT2D eigenvalue weighted by Crippen LogP contribution is 2.24. The van der Waals surface area contributed by atoms with E-state index in [1.807, 2.05) is 31.4 Å². The Hall–Kier alpha value is -1.81. The molecule has 20 heavy (non-hydrogen) atoms. The lowest BCUT2D eigenvalue weighted by Gasteiger charge is -2.23. The van der Waals surface area contributed by atoms with Crippen molar-refractivity contribution in [2.45, 2.75) is 32.9 Å². The lowest BCUT2D eigenvalue weighted by atomic mass is 10.1. The first kappa shape index (κ1) is 14.6. The molecule has 0 spiro atoms. The van der Waals surface area contributed by atoms with Crippen LogP contribution in [0.4, 0.5) is 5.82 Å². The number of hydrogen-bond donors (Lipinski definition) is 1. The lowest BCUT2D eigenvalue weighted by molar-refractivity contribution is 0.505. The molecule has 1 unspecified atom stereocenters. The zero-order valence-corrected chi connectivity index (χ0v) is 12.5. The average molecular weight is 273 g/mol. The van der Waals surface area contributed by atoms with Crippen LogP contribution in [0.1, 0.15) is 37.6 Å². The quantitative estimate of drug-likeness (QED) is 0.839. The Balaban J connectivity index is 2.14. The normalized spacial score (nSPS) is 12.3. The van der Waals surface area contributed by atoms with Gasteiger partial charge >= 0.3 is 0 Å². The molecule has 4 heteroatoms. The van der Waals surface area contributed by atoms with E-state index in [0.29, 0.717) is 0 Å². The van der Waals surface area contributed by atoms with E-state index in [9.17, 15) is 0 Å². The van der Waals surface area contributed by atoms with Crippen molar-refractivity contribution in [3.8, 4) is 0 Å². The number of nitrogens with one attached hydrogen (secondary N) is 1. The largest absolute Gasteiger partial charge is 0.467 e. The molecule has 0 aliphatic rings. The van der Waals surface area contributed by atoms with Gasteiger partial charge in [0.15, 0.2) is 0 Å². The summed E-state index contributed by atoms with van der Waals surface area (Å²) in [7, 11) is 2.04. The number of furan rings is 1. The summed E-state index contributed by atoms with van der Waals surface area (Å²) in [5, 5.41) is 3.51. The van der Waals surface area contributed by atoms with Gasteiger partial charge in [-0.15, -0.1) is 0 Å². The minimum Gasteiger partial charge on any atom is -0.467 e. The minimum absolute atomic E-state index is 0.290. The SMILES string of the molecule is CCCNC(C)c1cccnc1N(C)Cc1ccco1. The summed E-state index contributed by atoms with van der Waals surface area (Å²) in [5.41, 5.74) is 1.22. The fourth-order valence-electron chi connectivity index (χ4n) is 2.25. The molecule has 0 amide bonds. The Morgan fingerprint density at radius 2 is 2.20 bits per heavy atom. The van der Waals surface area contributed by atoms with Gasteiger partial charge in [-0.1, -0.05) is 13.0 Å². The number of aromatic nitrogens is 1. The van der Waals surface area contributed by atoms with E-state index in [-0.39, 0.29) is 6.04 Å². The molecule has 0 saturated heterocycles. The van der Waals surface area contributed by atoms with Gasteiger partial charge in [-0.2, -0.15) is 0 Å². The van der Waals surface area contributed by atoms with Crippen LogP contribution < -0.4 is 10.2 Å². The molecule has 0 bridgehead atoms.